The van der Waals surface area contributed by atoms with Crippen LogP contribution in [0.1, 0.15) is 52.4 Å². The molecule has 0 aromatic rings. The fourth-order valence-electron chi connectivity index (χ4n) is 3.73. The number of likely N-dealkylation sites (tertiary alicyclic amines) is 1. The third kappa shape index (κ3) is 2.78. The summed E-state index contributed by atoms with van der Waals surface area (Å²) in [5.74, 6) is 0. The number of rotatable bonds is 3. The van der Waals surface area contributed by atoms with Gasteiger partial charge in [-0.2, -0.15) is 0 Å². The van der Waals surface area contributed by atoms with Gasteiger partial charge < -0.3 is 5.32 Å². The van der Waals surface area contributed by atoms with Crippen LogP contribution in [0, 0.1) is 5.41 Å². The molecule has 0 amide bonds. The van der Waals surface area contributed by atoms with Crippen LogP contribution in [0.3, 0.4) is 0 Å². The Morgan fingerprint density at radius 1 is 1.25 bits per heavy atom. The van der Waals surface area contributed by atoms with Gasteiger partial charge in [0.2, 0.25) is 0 Å². The first kappa shape index (κ1) is 12.4. The highest BCUT2D eigenvalue weighted by molar-refractivity contribution is 4.91. The molecule has 1 saturated heterocycles. The standard InChI is InChI=1S/C14H28N2/c1-14(2)8-4-6-12(10-14)16-9-5-7-13(16)11-15-3/h12-13,15H,4-11H2,1-3H3. The Hall–Kier alpha value is -0.0800. The van der Waals surface area contributed by atoms with Gasteiger partial charge in [-0.3, -0.25) is 4.90 Å². The second-order valence-electron chi connectivity index (χ2n) is 6.51. The fourth-order valence-corrected chi connectivity index (χ4v) is 3.73. The average Bonchev–Trinajstić information content (AvgIpc) is 2.65. The molecule has 2 fully saturated rings. The zero-order valence-electron chi connectivity index (χ0n) is 11.3. The van der Waals surface area contributed by atoms with E-state index in [4.69, 9.17) is 0 Å². The Labute approximate surface area is 101 Å². The van der Waals surface area contributed by atoms with Crippen molar-refractivity contribution in [3.63, 3.8) is 0 Å². The van der Waals surface area contributed by atoms with Crippen molar-refractivity contribution in [1.82, 2.24) is 10.2 Å². The van der Waals surface area contributed by atoms with Crippen LogP contribution < -0.4 is 5.32 Å². The van der Waals surface area contributed by atoms with E-state index in [1.54, 1.807) is 0 Å². The summed E-state index contributed by atoms with van der Waals surface area (Å²) in [7, 11) is 2.08. The van der Waals surface area contributed by atoms with Crippen LogP contribution in [0.25, 0.3) is 0 Å². The molecule has 16 heavy (non-hydrogen) atoms. The summed E-state index contributed by atoms with van der Waals surface area (Å²) >= 11 is 0. The zero-order valence-corrected chi connectivity index (χ0v) is 11.3. The minimum Gasteiger partial charge on any atom is -0.318 e. The van der Waals surface area contributed by atoms with Gasteiger partial charge in [-0.1, -0.05) is 20.3 Å². The summed E-state index contributed by atoms with van der Waals surface area (Å²) in [4.78, 5) is 2.80. The number of nitrogens with one attached hydrogen (secondary N) is 1. The molecular weight excluding hydrogens is 196 g/mol. The molecule has 0 aromatic carbocycles. The molecule has 1 saturated carbocycles. The Morgan fingerprint density at radius 2 is 2.06 bits per heavy atom. The lowest BCUT2D eigenvalue weighted by Crippen LogP contribution is -2.46. The highest BCUT2D eigenvalue weighted by atomic mass is 15.2. The van der Waals surface area contributed by atoms with Gasteiger partial charge in [-0.05, 0) is 51.1 Å². The van der Waals surface area contributed by atoms with E-state index in [1.165, 1.54) is 51.6 Å². The van der Waals surface area contributed by atoms with Crippen LogP contribution >= 0.6 is 0 Å². The molecule has 0 radical (unpaired) electrons. The monoisotopic (exact) mass is 224 g/mol. The van der Waals surface area contributed by atoms with Crippen LogP contribution in [0.2, 0.25) is 0 Å². The van der Waals surface area contributed by atoms with Gasteiger partial charge in [0, 0.05) is 18.6 Å². The highest BCUT2D eigenvalue weighted by Crippen LogP contribution is 2.39. The molecule has 0 bridgehead atoms. The van der Waals surface area contributed by atoms with E-state index in [1.807, 2.05) is 0 Å². The van der Waals surface area contributed by atoms with Crippen LogP contribution in [0.4, 0.5) is 0 Å². The molecule has 0 spiro atoms. The molecule has 2 rings (SSSR count). The van der Waals surface area contributed by atoms with Crippen molar-refractivity contribution in [3.8, 4) is 0 Å². The normalized spacial score (nSPS) is 35.4. The zero-order chi connectivity index (χ0) is 11.6. The topological polar surface area (TPSA) is 15.3 Å². The molecule has 94 valence electrons. The quantitative estimate of drug-likeness (QED) is 0.793. The average molecular weight is 224 g/mol. The predicted molar refractivity (Wildman–Crippen MR) is 69.7 cm³/mol. The number of likely N-dealkylation sites (N-methyl/N-ethyl adjacent to an activating group) is 1. The Morgan fingerprint density at radius 3 is 2.75 bits per heavy atom. The first-order valence-electron chi connectivity index (χ1n) is 7.03. The maximum atomic E-state index is 3.36. The van der Waals surface area contributed by atoms with Gasteiger partial charge in [0.1, 0.15) is 0 Å². The minimum atomic E-state index is 0.579. The summed E-state index contributed by atoms with van der Waals surface area (Å²) in [5.41, 5.74) is 0.579. The molecule has 1 heterocycles. The predicted octanol–water partition coefficient (Wildman–Crippen LogP) is 2.64. The van der Waals surface area contributed by atoms with E-state index < -0.39 is 0 Å². The molecule has 2 heteroatoms. The number of nitrogens with zero attached hydrogens (tertiary/aromatic N) is 1. The molecule has 1 aliphatic carbocycles. The van der Waals surface area contributed by atoms with Gasteiger partial charge in [-0.25, -0.2) is 0 Å². The summed E-state index contributed by atoms with van der Waals surface area (Å²) in [6.45, 7) is 7.41. The SMILES string of the molecule is CNCC1CCCN1C1CCCC(C)(C)C1. The van der Waals surface area contributed by atoms with Crippen molar-refractivity contribution in [3.05, 3.63) is 0 Å². The van der Waals surface area contributed by atoms with Gasteiger partial charge in [0.05, 0.1) is 0 Å². The van der Waals surface area contributed by atoms with Gasteiger partial charge in [0.25, 0.3) is 0 Å². The first-order valence-corrected chi connectivity index (χ1v) is 7.03. The second-order valence-corrected chi connectivity index (χ2v) is 6.51. The lowest BCUT2D eigenvalue weighted by Gasteiger charge is -2.42. The van der Waals surface area contributed by atoms with Crippen molar-refractivity contribution in [2.45, 2.75) is 64.5 Å². The molecule has 1 N–H and O–H groups in total. The number of hydrogen-bond acceptors (Lipinski definition) is 2. The maximum Gasteiger partial charge on any atom is 0.0223 e. The minimum absolute atomic E-state index is 0.579. The molecule has 2 aliphatic rings. The van der Waals surface area contributed by atoms with Crippen molar-refractivity contribution in [1.29, 1.82) is 0 Å². The summed E-state index contributed by atoms with van der Waals surface area (Å²) in [6.07, 6.45) is 8.51. The van der Waals surface area contributed by atoms with Crippen molar-refractivity contribution in [2.24, 2.45) is 5.41 Å². The smallest absolute Gasteiger partial charge is 0.0223 e. The molecule has 2 unspecified atom stereocenters. The lowest BCUT2D eigenvalue weighted by atomic mass is 9.74. The Kier molecular flexibility index (Phi) is 3.91. The maximum absolute atomic E-state index is 3.36. The highest BCUT2D eigenvalue weighted by Gasteiger charge is 2.35. The second kappa shape index (κ2) is 5.05. The van der Waals surface area contributed by atoms with E-state index in [-0.39, 0.29) is 0 Å². The van der Waals surface area contributed by atoms with Crippen molar-refractivity contribution >= 4 is 0 Å². The summed E-state index contributed by atoms with van der Waals surface area (Å²) < 4.78 is 0. The molecular formula is C14H28N2. The third-order valence-corrected chi connectivity index (χ3v) is 4.51. The third-order valence-electron chi connectivity index (χ3n) is 4.51. The van der Waals surface area contributed by atoms with Gasteiger partial charge >= 0.3 is 0 Å². The van der Waals surface area contributed by atoms with E-state index in [0.29, 0.717) is 5.41 Å². The molecule has 2 nitrogen and oxygen atoms in total. The van der Waals surface area contributed by atoms with E-state index in [2.05, 4.69) is 31.1 Å². The molecule has 0 aromatic heterocycles. The van der Waals surface area contributed by atoms with Crippen molar-refractivity contribution < 1.29 is 0 Å². The van der Waals surface area contributed by atoms with Crippen LogP contribution in [-0.4, -0.2) is 37.1 Å². The van der Waals surface area contributed by atoms with Crippen LogP contribution in [-0.2, 0) is 0 Å². The van der Waals surface area contributed by atoms with Crippen LogP contribution in [0.5, 0.6) is 0 Å². The number of hydrogen-bond donors (Lipinski definition) is 1. The van der Waals surface area contributed by atoms with E-state index in [9.17, 15) is 0 Å². The van der Waals surface area contributed by atoms with Gasteiger partial charge in [-0.15, -0.1) is 0 Å². The molecule has 1 aliphatic heterocycles. The lowest BCUT2D eigenvalue weighted by molar-refractivity contribution is 0.0851. The molecule has 2 atom stereocenters. The fraction of sp³-hybridized carbons (Fsp3) is 1.00. The van der Waals surface area contributed by atoms with Gasteiger partial charge in [0.15, 0.2) is 0 Å². The van der Waals surface area contributed by atoms with E-state index in [0.717, 1.165) is 12.1 Å². The summed E-state index contributed by atoms with van der Waals surface area (Å²) in [6, 6.07) is 1.67. The first-order chi connectivity index (χ1) is 7.62. The Bertz CT molecular complexity index is 225. The Balaban J connectivity index is 1.95. The summed E-state index contributed by atoms with van der Waals surface area (Å²) in [5, 5.41) is 3.36. The largest absolute Gasteiger partial charge is 0.318 e. The van der Waals surface area contributed by atoms with Crippen LogP contribution in [0.15, 0.2) is 0 Å². The van der Waals surface area contributed by atoms with Crippen molar-refractivity contribution in [2.75, 3.05) is 20.1 Å². The van der Waals surface area contributed by atoms with E-state index >= 15 is 0 Å².